The summed E-state index contributed by atoms with van der Waals surface area (Å²) in [5.41, 5.74) is 4.07. The van der Waals surface area contributed by atoms with Gasteiger partial charge in [0.25, 0.3) is 0 Å². The molecule has 1 amide bonds. The Bertz CT molecular complexity index is 796. The SMILES string of the molecule is Cc1ccc(C)c(CN2CCc3nnc(CCNC(=O)C(C)C)n3CC2)c1. The molecular weight excluding hydrogens is 338 g/mol. The van der Waals surface area contributed by atoms with E-state index < -0.39 is 0 Å². The summed E-state index contributed by atoms with van der Waals surface area (Å²) in [6.45, 7) is 12.6. The molecule has 0 saturated heterocycles. The van der Waals surface area contributed by atoms with Crippen LogP contribution in [0.3, 0.4) is 0 Å². The zero-order valence-electron chi connectivity index (χ0n) is 17.0. The molecule has 2 aromatic rings. The summed E-state index contributed by atoms with van der Waals surface area (Å²) in [6.07, 6.45) is 1.64. The Hall–Kier alpha value is -2.21. The van der Waals surface area contributed by atoms with Gasteiger partial charge in [-0.25, -0.2) is 0 Å². The smallest absolute Gasteiger partial charge is 0.222 e. The van der Waals surface area contributed by atoms with Gasteiger partial charge in [-0.05, 0) is 25.0 Å². The predicted octanol–water partition coefficient (Wildman–Crippen LogP) is 2.27. The highest BCUT2D eigenvalue weighted by atomic mass is 16.1. The maximum atomic E-state index is 11.7. The zero-order chi connectivity index (χ0) is 19.4. The number of hydrogen-bond acceptors (Lipinski definition) is 4. The fraction of sp³-hybridized carbons (Fsp3) is 0.571. The molecule has 146 valence electrons. The topological polar surface area (TPSA) is 63.1 Å². The van der Waals surface area contributed by atoms with E-state index in [-0.39, 0.29) is 11.8 Å². The van der Waals surface area contributed by atoms with E-state index in [1.54, 1.807) is 0 Å². The number of carbonyl (C=O) groups is 1. The highest BCUT2D eigenvalue weighted by Crippen LogP contribution is 2.16. The summed E-state index contributed by atoms with van der Waals surface area (Å²) in [4.78, 5) is 14.2. The van der Waals surface area contributed by atoms with Crippen molar-refractivity contribution < 1.29 is 4.79 Å². The lowest BCUT2D eigenvalue weighted by atomic mass is 10.1. The van der Waals surface area contributed by atoms with Crippen LogP contribution in [0.4, 0.5) is 0 Å². The number of aryl methyl sites for hydroxylation is 2. The summed E-state index contributed by atoms with van der Waals surface area (Å²) in [7, 11) is 0. The molecule has 0 saturated carbocycles. The van der Waals surface area contributed by atoms with E-state index in [1.807, 2.05) is 13.8 Å². The molecule has 27 heavy (non-hydrogen) atoms. The Morgan fingerprint density at radius 1 is 1.19 bits per heavy atom. The highest BCUT2D eigenvalue weighted by molar-refractivity contribution is 5.77. The number of rotatable bonds is 6. The second-order valence-electron chi connectivity index (χ2n) is 7.84. The standard InChI is InChI=1S/C21H31N5O/c1-15(2)21(27)22-9-7-19-23-24-20-8-10-25(11-12-26(19)20)14-18-13-16(3)5-6-17(18)4/h5-6,13,15H,7-12,14H2,1-4H3,(H,22,27). The van der Waals surface area contributed by atoms with Gasteiger partial charge in [-0.2, -0.15) is 0 Å². The normalized spacial score (nSPS) is 14.9. The molecule has 6 nitrogen and oxygen atoms in total. The summed E-state index contributed by atoms with van der Waals surface area (Å²) < 4.78 is 2.24. The number of hydrogen-bond donors (Lipinski definition) is 1. The van der Waals surface area contributed by atoms with E-state index in [0.29, 0.717) is 6.54 Å². The minimum absolute atomic E-state index is 0.0131. The van der Waals surface area contributed by atoms with Crippen LogP contribution in [0.5, 0.6) is 0 Å². The van der Waals surface area contributed by atoms with E-state index in [2.05, 4.69) is 57.0 Å². The third-order valence-corrected chi connectivity index (χ3v) is 5.27. The van der Waals surface area contributed by atoms with Gasteiger partial charge in [-0.15, -0.1) is 10.2 Å². The van der Waals surface area contributed by atoms with Crippen molar-refractivity contribution in [1.82, 2.24) is 25.0 Å². The summed E-state index contributed by atoms with van der Waals surface area (Å²) in [5.74, 6) is 2.13. The summed E-state index contributed by atoms with van der Waals surface area (Å²) >= 11 is 0. The molecule has 2 heterocycles. The number of fused-ring (bicyclic) bond motifs is 1. The van der Waals surface area contributed by atoms with Crippen molar-refractivity contribution >= 4 is 5.91 Å². The van der Waals surface area contributed by atoms with Crippen molar-refractivity contribution in [3.8, 4) is 0 Å². The molecule has 6 heteroatoms. The van der Waals surface area contributed by atoms with Crippen LogP contribution in [-0.2, 0) is 30.7 Å². The molecule has 0 radical (unpaired) electrons. The van der Waals surface area contributed by atoms with Crippen molar-refractivity contribution in [1.29, 1.82) is 0 Å². The Balaban J connectivity index is 1.59. The quantitative estimate of drug-likeness (QED) is 0.848. The van der Waals surface area contributed by atoms with Gasteiger partial charge in [0, 0.05) is 51.5 Å². The lowest BCUT2D eigenvalue weighted by Gasteiger charge is -2.21. The molecule has 0 bridgehead atoms. The second-order valence-corrected chi connectivity index (χ2v) is 7.84. The van der Waals surface area contributed by atoms with Crippen LogP contribution in [0, 0.1) is 19.8 Å². The Morgan fingerprint density at radius 2 is 2.00 bits per heavy atom. The predicted molar refractivity (Wildman–Crippen MR) is 106 cm³/mol. The van der Waals surface area contributed by atoms with Gasteiger partial charge in [0.1, 0.15) is 11.6 Å². The van der Waals surface area contributed by atoms with Crippen LogP contribution in [0.25, 0.3) is 0 Å². The van der Waals surface area contributed by atoms with Crippen molar-refractivity contribution in [3.05, 3.63) is 46.5 Å². The summed E-state index contributed by atoms with van der Waals surface area (Å²) in [6, 6.07) is 6.68. The number of nitrogens with zero attached hydrogens (tertiary/aromatic N) is 4. The maximum absolute atomic E-state index is 11.7. The molecule has 1 aromatic carbocycles. The van der Waals surface area contributed by atoms with E-state index >= 15 is 0 Å². The largest absolute Gasteiger partial charge is 0.355 e. The van der Waals surface area contributed by atoms with Gasteiger partial charge in [0.15, 0.2) is 0 Å². The van der Waals surface area contributed by atoms with Gasteiger partial charge < -0.3 is 9.88 Å². The van der Waals surface area contributed by atoms with E-state index in [0.717, 1.165) is 50.7 Å². The van der Waals surface area contributed by atoms with E-state index in [1.165, 1.54) is 16.7 Å². The number of carbonyl (C=O) groups excluding carboxylic acids is 1. The average Bonchev–Trinajstić information content (AvgIpc) is 2.90. The van der Waals surface area contributed by atoms with Crippen LogP contribution < -0.4 is 5.32 Å². The third kappa shape index (κ3) is 4.95. The van der Waals surface area contributed by atoms with Crippen LogP contribution in [0.2, 0.25) is 0 Å². The number of aromatic nitrogens is 3. The molecule has 0 unspecified atom stereocenters. The molecule has 1 aliphatic heterocycles. The number of amides is 1. The average molecular weight is 370 g/mol. The van der Waals surface area contributed by atoms with Crippen LogP contribution >= 0.6 is 0 Å². The first-order valence-electron chi connectivity index (χ1n) is 9.91. The van der Waals surface area contributed by atoms with Crippen molar-refractivity contribution in [2.45, 2.75) is 53.6 Å². The minimum atomic E-state index is 0.0131. The monoisotopic (exact) mass is 369 g/mol. The van der Waals surface area contributed by atoms with Crippen LogP contribution in [-0.4, -0.2) is 45.2 Å². The Kier molecular flexibility index (Phi) is 6.26. The van der Waals surface area contributed by atoms with Gasteiger partial charge in [-0.3, -0.25) is 9.69 Å². The van der Waals surface area contributed by atoms with Gasteiger partial charge in [0.2, 0.25) is 5.91 Å². The molecule has 1 aromatic heterocycles. The van der Waals surface area contributed by atoms with E-state index in [9.17, 15) is 4.79 Å². The first kappa shape index (κ1) is 19.5. The molecule has 0 atom stereocenters. The lowest BCUT2D eigenvalue weighted by Crippen LogP contribution is -2.30. The first-order valence-corrected chi connectivity index (χ1v) is 9.91. The van der Waals surface area contributed by atoms with Gasteiger partial charge in [0.05, 0.1) is 0 Å². The molecular formula is C21H31N5O. The third-order valence-electron chi connectivity index (χ3n) is 5.27. The van der Waals surface area contributed by atoms with Gasteiger partial charge in [-0.1, -0.05) is 37.6 Å². The Morgan fingerprint density at radius 3 is 2.78 bits per heavy atom. The van der Waals surface area contributed by atoms with Crippen LogP contribution in [0.15, 0.2) is 18.2 Å². The molecule has 1 N–H and O–H groups in total. The highest BCUT2D eigenvalue weighted by Gasteiger charge is 2.19. The maximum Gasteiger partial charge on any atom is 0.222 e. The molecule has 1 aliphatic rings. The van der Waals surface area contributed by atoms with Crippen molar-refractivity contribution in [3.63, 3.8) is 0 Å². The van der Waals surface area contributed by atoms with Gasteiger partial charge >= 0.3 is 0 Å². The second kappa shape index (κ2) is 8.65. The zero-order valence-corrected chi connectivity index (χ0v) is 17.0. The molecule has 0 fully saturated rings. The fourth-order valence-corrected chi connectivity index (χ4v) is 3.48. The Labute approximate surface area is 162 Å². The number of benzene rings is 1. The molecule has 0 aliphatic carbocycles. The van der Waals surface area contributed by atoms with E-state index in [4.69, 9.17) is 0 Å². The first-order chi connectivity index (χ1) is 12.9. The van der Waals surface area contributed by atoms with Crippen LogP contribution in [0.1, 0.15) is 42.2 Å². The minimum Gasteiger partial charge on any atom is -0.355 e. The molecule has 0 spiro atoms. The summed E-state index contributed by atoms with van der Waals surface area (Å²) in [5, 5.41) is 11.7. The number of nitrogens with one attached hydrogen (secondary N) is 1. The van der Waals surface area contributed by atoms with Crippen molar-refractivity contribution in [2.24, 2.45) is 5.92 Å². The lowest BCUT2D eigenvalue weighted by molar-refractivity contribution is -0.123. The van der Waals surface area contributed by atoms with Crippen molar-refractivity contribution in [2.75, 3.05) is 19.6 Å². The molecule has 3 rings (SSSR count). The fourth-order valence-electron chi connectivity index (χ4n) is 3.48.